The molecule has 20 heavy (non-hydrogen) atoms. The predicted molar refractivity (Wildman–Crippen MR) is 76.5 cm³/mol. The summed E-state index contributed by atoms with van der Waals surface area (Å²) < 4.78 is 10.4. The largest absolute Gasteiger partial charge is 0.497 e. The molecule has 1 aromatic carbocycles. The van der Waals surface area contributed by atoms with Gasteiger partial charge in [0.25, 0.3) is 0 Å². The van der Waals surface area contributed by atoms with Crippen molar-refractivity contribution in [2.75, 3.05) is 7.11 Å². The lowest BCUT2D eigenvalue weighted by Crippen LogP contribution is -2.11. The molecule has 0 saturated heterocycles. The van der Waals surface area contributed by atoms with E-state index in [0.717, 1.165) is 31.4 Å². The highest BCUT2D eigenvalue weighted by Crippen LogP contribution is 2.15. The van der Waals surface area contributed by atoms with E-state index < -0.39 is 0 Å². The van der Waals surface area contributed by atoms with Gasteiger partial charge >= 0.3 is 0 Å². The van der Waals surface area contributed by atoms with E-state index in [0.29, 0.717) is 11.7 Å². The molecule has 0 amide bonds. The first kappa shape index (κ1) is 14.5. The van der Waals surface area contributed by atoms with Gasteiger partial charge in [0.15, 0.2) is 5.82 Å². The van der Waals surface area contributed by atoms with Crippen molar-refractivity contribution in [3.8, 4) is 5.75 Å². The Morgan fingerprint density at radius 3 is 2.65 bits per heavy atom. The Labute approximate surface area is 119 Å². The molecule has 5 heteroatoms. The second-order valence-electron chi connectivity index (χ2n) is 4.79. The molecule has 2 aromatic rings. The first-order valence-electron chi connectivity index (χ1n) is 6.94. The summed E-state index contributed by atoms with van der Waals surface area (Å²) in [5, 5.41) is 3.94. The molecule has 5 nitrogen and oxygen atoms in total. The van der Waals surface area contributed by atoms with Gasteiger partial charge in [-0.25, -0.2) is 0 Å². The van der Waals surface area contributed by atoms with Crippen molar-refractivity contribution in [2.24, 2.45) is 5.73 Å². The van der Waals surface area contributed by atoms with Gasteiger partial charge in [-0.15, -0.1) is 0 Å². The summed E-state index contributed by atoms with van der Waals surface area (Å²) in [5.74, 6) is 2.11. The quantitative estimate of drug-likeness (QED) is 0.840. The second-order valence-corrected chi connectivity index (χ2v) is 4.79. The molecule has 2 rings (SSSR count). The minimum atomic E-state index is -0.126. The van der Waals surface area contributed by atoms with Gasteiger partial charge in [0.1, 0.15) is 5.75 Å². The number of methoxy groups -OCH3 is 1. The van der Waals surface area contributed by atoms with E-state index in [1.165, 1.54) is 5.56 Å². The van der Waals surface area contributed by atoms with E-state index >= 15 is 0 Å². The number of hydrogen-bond acceptors (Lipinski definition) is 5. The molecular formula is C15H21N3O2. The highest BCUT2D eigenvalue weighted by atomic mass is 16.5. The average molecular weight is 275 g/mol. The second kappa shape index (κ2) is 7.05. The molecule has 1 heterocycles. The molecule has 1 aromatic heterocycles. The van der Waals surface area contributed by atoms with Crippen LogP contribution in [0.15, 0.2) is 28.8 Å². The van der Waals surface area contributed by atoms with E-state index in [1.807, 2.05) is 24.3 Å². The maximum atomic E-state index is 5.96. The first-order valence-corrected chi connectivity index (χ1v) is 6.94. The van der Waals surface area contributed by atoms with Crippen LogP contribution < -0.4 is 10.5 Å². The molecule has 0 fully saturated rings. The van der Waals surface area contributed by atoms with Gasteiger partial charge in [-0.05, 0) is 30.5 Å². The first-order chi connectivity index (χ1) is 9.72. The average Bonchev–Trinajstić information content (AvgIpc) is 2.95. The molecule has 0 bridgehead atoms. The maximum Gasteiger partial charge on any atom is 0.227 e. The Bertz CT molecular complexity index is 522. The zero-order valence-corrected chi connectivity index (χ0v) is 12.0. The standard InChI is InChI=1S/C15H21N3O2/c1-3-4-13(16)15-17-14(20-18-15)10-7-11-5-8-12(19-2)9-6-11/h5-6,8-9,13H,3-4,7,10,16H2,1-2H3. The van der Waals surface area contributed by atoms with Gasteiger partial charge in [-0.2, -0.15) is 4.98 Å². The van der Waals surface area contributed by atoms with Crippen LogP contribution in [0.5, 0.6) is 5.75 Å². The number of aromatic nitrogens is 2. The van der Waals surface area contributed by atoms with Crippen LogP contribution >= 0.6 is 0 Å². The zero-order valence-electron chi connectivity index (χ0n) is 12.0. The lowest BCUT2D eigenvalue weighted by Gasteiger charge is -2.02. The van der Waals surface area contributed by atoms with Crippen molar-refractivity contribution in [1.82, 2.24) is 10.1 Å². The number of nitrogens with zero attached hydrogens (tertiary/aromatic N) is 2. The molecule has 1 atom stereocenters. The lowest BCUT2D eigenvalue weighted by atomic mass is 10.1. The molecular weight excluding hydrogens is 254 g/mol. The Kier molecular flexibility index (Phi) is 5.12. The Morgan fingerprint density at radius 1 is 1.25 bits per heavy atom. The third-order valence-corrected chi connectivity index (χ3v) is 3.20. The topological polar surface area (TPSA) is 74.2 Å². The molecule has 108 valence electrons. The fraction of sp³-hybridized carbons (Fsp3) is 0.467. The fourth-order valence-corrected chi connectivity index (χ4v) is 2.00. The van der Waals surface area contributed by atoms with Crippen LogP contribution in [0.1, 0.15) is 43.1 Å². The summed E-state index contributed by atoms with van der Waals surface area (Å²) in [6, 6.07) is 7.86. The van der Waals surface area contributed by atoms with Crippen LogP contribution in [0, 0.1) is 0 Å². The van der Waals surface area contributed by atoms with Crippen LogP contribution in [0.2, 0.25) is 0 Å². The maximum absolute atomic E-state index is 5.96. The number of nitrogens with two attached hydrogens (primary N) is 1. The molecule has 1 unspecified atom stereocenters. The molecule has 2 N–H and O–H groups in total. The third kappa shape index (κ3) is 3.81. The molecule has 0 aliphatic heterocycles. The molecule has 0 saturated carbocycles. The minimum Gasteiger partial charge on any atom is -0.497 e. The van der Waals surface area contributed by atoms with Crippen molar-refractivity contribution in [2.45, 2.75) is 38.6 Å². The lowest BCUT2D eigenvalue weighted by molar-refractivity contribution is 0.368. The van der Waals surface area contributed by atoms with E-state index in [2.05, 4.69) is 17.1 Å². The van der Waals surface area contributed by atoms with Gasteiger partial charge in [0, 0.05) is 6.42 Å². The summed E-state index contributed by atoms with van der Waals surface area (Å²) >= 11 is 0. The van der Waals surface area contributed by atoms with E-state index in [4.69, 9.17) is 15.0 Å². The van der Waals surface area contributed by atoms with E-state index in [9.17, 15) is 0 Å². The highest BCUT2D eigenvalue weighted by Gasteiger charge is 2.13. The highest BCUT2D eigenvalue weighted by molar-refractivity contribution is 5.27. The number of hydrogen-bond donors (Lipinski definition) is 1. The van der Waals surface area contributed by atoms with Crippen molar-refractivity contribution < 1.29 is 9.26 Å². The summed E-state index contributed by atoms with van der Waals surface area (Å²) in [4.78, 5) is 4.35. The van der Waals surface area contributed by atoms with E-state index in [1.54, 1.807) is 7.11 Å². The number of aryl methyl sites for hydroxylation is 2. The molecule has 0 aliphatic rings. The number of benzene rings is 1. The van der Waals surface area contributed by atoms with Crippen molar-refractivity contribution in [3.05, 3.63) is 41.5 Å². The Morgan fingerprint density at radius 2 is 2.00 bits per heavy atom. The number of rotatable bonds is 7. The smallest absolute Gasteiger partial charge is 0.227 e. The van der Waals surface area contributed by atoms with Gasteiger partial charge in [0.2, 0.25) is 5.89 Å². The third-order valence-electron chi connectivity index (χ3n) is 3.20. The summed E-state index contributed by atoms with van der Waals surface area (Å²) in [6.07, 6.45) is 3.46. The van der Waals surface area contributed by atoms with Crippen LogP contribution in [0.3, 0.4) is 0 Å². The van der Waals surface area contributed by atoms with Crippen LogP contribution in [0.25, 0.3) is 0 Å². The minimum absolute atomic E-state index is 0.126. The van der Waals surface area contributed by atoms with Crippen LogP contribution in [-0.4, -0.2) is 17.3 Å². The number of ether oxygens (including phenoxy) is 1. The van der Waals surface area contributed by atoms with E-state index in [-0.39, 0.29) is 6.04 Å². The molecule has 0 radical (unpaired) electrons. The summed E-state index contributed by atoms with van der Waals surface area (Å²) in [6.45, 7) is 2.09. The van der Waals surface area contributed by atoms with Gasteiger partial charge < -0.3 is 15.0 Å². The summed E-state index contributed by atoms with van der Waals surface area (Å²) in [5.41, 5.74) is 7.17. The van der Waals surface area contributed by atoms with Crippen molar-refractivity contribution >= 4 is 0 Å². The normalized spacial score (nSPS) is 12.3. The SMILES string of the molecule is CCCC(N)c1noc(CCc2ccc(OC)cc2)n1. The van der Waals surface area contributed by atoms with Crippen molar-refractivity contribution in [3.63, 3.8) is 0 Å². The monoisotopic (exact) mass is 275 g/mol. The molecule has 0 spiro atoms. The summed E-state index contributed by atoms with van der Waals surface area (Å²) in [7, 11) is 1.66. The zero-order chi connectivity index (χ0) is 14.4. The van der Waals surface area contributed by atoms with Gasteiger partial charge in [-0.1, -0.05) is 30.6 Å². The van der Waals surface area contributed by atoms with Crippen molar-refractivity contribution in [1.29, 1.82) is 0 Å². The molecule has 0 aliphatic carbocycles. The Balaban J connectivity index is 1.90. The predicted octanol–water partition coefficient (Wildman–Crippen LogP) is 2.66. The van der Waals surface area contributed by atoms with Crippen LogP contribution in [0.4, 0.5) is 0 Å². The van der Waals surface area contributed by atoms with Gasteiger partial charge in [0.05, 0.1) is 13.2 Å². The van der Waals surface area contributed by atoms with Gasteiger partial charge in [-0.3, -0.25) is 0 Å². The van der Waals surface area contributed by atoms with Crippen LogP contribution in [-0.2, 0) is 12.8 Å². The fourth-order valence-electron chi connectivity index (χ4n) is 2.00. The Hall–Kier alpha value is -1.88.